The predicted octanol–water partition coefficient (Wildman–Crippen LogP) is 5.82. The van der Waals surface area contributed by atoms with E-state index >= 15 is 0 Å². The molecule has 0 aliphatic carbocycles. The molecule has 4 rings (SSSR count). The largest absolute Gasteiger partial charge is 0.497 e. The highest BCUT2D eigenvalue weighted by Crippen LogP contribution is 2.35. The first-order chi connectivity index (χ1) is 15.2. The Morgan fingerprint density at radius 1 is 0.935 bits per heavy atom. The molecule has 0 amide bonds. The van der Waals surface area contributed by atoms with E-state index in [0.717, 1.165) is 38.5 Å². The quantitative estimate of drug-likeness (QED) is 0.321. The summed E-state index contributed by atoms with van der Waals surface area (Å²) < 4.78 is 5.35. The van der Waals surface area contributed by atoms with Crippen LogP contribution in [-0.2, 0) is 6.54 Å². The number of fused-ring (bicyclic) bond motifs is 3. The molecule has 0 saturated heterocycles. The summed E-state index contributed by atoms with van der Waals surface area (Å²) in [6.07, 6.45) is 1.17. The minimum absolute atomic E-state index is 0.872. The van der Waals surface area contributed by atoms with Gasteiger partial charge in [-0.15, -0.1) is 0 Å². The van der Waals surface area contributed by atoms with Crippen LogP contribution in [0, 0.1) is 0 Å². The zero-order chi connectivity index (χ0) is 21.6. The van der Waals surface area contributed by atoms with Crippen molar-refractivity contribution in [2.45, 2.75) is 26.8 Å². The Morgan fingerprint density at radius 3 is 2.45 bits per heavy atom. The summed E-state index contributed by atoms with van der Waals surface area (Å²) in [7, 11) is 1.71. The van der Waals surface area contributed by atoms with Crippen molar-refractivity contribution >= 4 is 21.8 Å². The lowest BCUT2D eigenvalue weighted by molar-refractivity contribution is 0.298. The van der Waals surface area contributed by atoms with E-state index in [4.69, 9.17) is 4.74 Å². The van der Waals surface area contributed by atoms with Gasteiger partial charge in [-0.1, -0.05) is 44.2 Å². The maximum Gasteiger partial charge on any atom is 0.118 e. The topological polar surface area (TPSA) is 40.3 Å². The Bertz CT molecular complexity index is 1130. The highest BCUT2D eigenvalue weighted by Gasteiger charge is 2.12. The zero-order valence-electron chi connectivity index (χ0n) is 18.9. The molecule has 4 nitrogen and oxygen atoms in total. The van der Waals surface area contributed by atoms with Gasteiger partial charge in [-0.25, -0.2) is 0 Å². The average Bonchev–Trinajstić information content (AvgIpc) is 3.20. The van der Waals surface area contributed by atoms with E-state index in [1.165, 1.54) is 44.9 Å². The standard InChI is InChI=1S/C27H33N3O/c1-4-30(5-2)16-8-15-28-19-20-17-24(21-11-13-22(31-3)14-12-21)27-25(18-20)23-9-6-7-10-26(23)29-27/h6-7,9-14,17-18,28-29H,4-5,8,15-16,19H2,1-3H3. The number of H-pyrrole nitrogens is 1. The molecule has 0 spiro atoms. The SMILES string of the molecule is CCN(CC)CCCNCc1cc(-c2ccc(OC)cc2)c2[nH]c3ccccc3c2c1. The van der Waals surface area contributed by atoms with Crippen molar-refractivity contribution in [3.8, 4) is 16.9 Å². The predicted molar refractivity (Wildman–Crippen MR) is 132 cm³/mol. The van der Waals surface area contributed by atoms with Gasteiger partial charge in [0.25, 0.3) is 0 Å². The normalized spacial score (nSPS) is 11.6. The molecule has 0 aliphatic heterocycles. The van der Waals surface area contributed by atoms with Crippen molar-refractivity contribution in [2.75, 3.05) is 33.3 Å². The van der Waals surface area contributed by atoms with Gasteiger partial charge in [-0.05, 0) is 74.1 Å². The van der Waals surface area contributed by atoms with Crippen LogP contribution in [0.5, 0.6) is 5.75 Å². The van der Waals surface area contributed by atoms with Crippen molar-refractivity contribution in [3.05, 3.63) is 66.2 Å². The minimum Gasteiger partial charge on any atom is -0.497 e. The smallest absolute Gasteiger partial charge is 0.118 e. The van der Waals surface area contributed by atoms with E-state index < -0.39 is 0 Å². The van der Waals surface area contributed by atoms with E-state index in [2.05, 4.69) is 77.6 Å². The lowest BCUT2D eigenvalue weighted by atomic mass is 9.98. The summed E-state index contributed by atoms with van der Waals surface area (Å²) in [4.78, 5) is 6.12. The molecule has 0 fully saturated rings. The number of aromatic amines is 1. The Morgan fingerprint density at radius 2 is 1.71 bits per heavy atom. The van der Waals surface area contributed by atoms with Gasteiger partial charge in [0, 0.05) is 28.4 Å². The first-order valence-electron chi connectivity index (χ1n) is 11.3. The second-order valence-corrected chi connectivity index (χ2v) is 8.02. The van der Waals surface area contributed by atoms with E-state index in [9.17, 15) is 0 Å². The highest BCUT2D eigenvalue weighted by molar-refractivity contribution is 6.12. The number of hydrogen-bond donors (Lipinski definition) is 2. The van der Waals surface area contributed by atoms with E-state index in [0.29, 0.717) is 0 Å². The molecule has 1 aromatic heterocycles. The van der Waals surface area contributed by atoms with Crippen LogP contribution in [0.2, 0.25) is 0 Å². The van der Waals surface area contributed by atoms with Crippen molar-refractivity contribution in [1.82, 2.24) is 15.2 Å². The number of ether oxygens (including phenoxy) is 1. The van der Waals surface area contributed by atoms with Crippen LogP contribution in [0.3, 0.4) is 0 Å². The first-order valence-corrected chi connectivity index (χ1v) is 11.3. The van der Waals surface area contributed by atoms with E-state index in [1.807, 2.05) is 12.1 Å². The highest BCUT2D eigenvalue weighted by atomic mass is 16.5. The molecule has 162 valence electrons. The Balaban J connectivity index is 1.62. The number of methoxy groups -OCH3 is 1. The number of rotatable bonds is 10. The second kappa shape index (κ2) is 9.99. The van der Waals surface area contributed by atoms with Crippen LogP contribution in [0.4, 0.5) is 0 Å². The molecule has 4 aromatic rings. The van der Waals surface area contributed by atoms with Crippen LogP contribution >= 0.6 is 0 Å². The molecule has 0 saturated carbocycles. The van der Waals surface area contributed by atoms with Gasteiger partial charge in [0.1, 0.15) is 5.75 Å². The molecule has 0 radical (unpaired) electrons. The van der Waals surface area contributed by atoms with Crippen molar-refractivity contribution in [2.24, 2.45) is 0 Å². The van der Waals surface area contributed by atoms with E-state index in [1.54, 1.807) is 7.11 Å². The molecule has 1 heterocycles. The van der Waals surface area contributed by atoms with Crippen LogP contribution in [0.25, 0.3) is 32.9 Å². The zero-order valence-corrected chi connectivity index (χ0v) is 18.9. The Hall–Kier alpha value is -2.82. The summed E-state index contributed by atoms with van der Waals surface area (Å²) in [6, 6.07) is 21.5. The molecule has 0 bridgehead atoms. The summed E-state index contributed by atoms with van der Waals surface area (Å²) in [5, 5.41) is 6.21. The monoisotopic (exact) mass is 415 g/mol. The maximum absolute atomic E-state index is 5.35. The van der Waals surface area contributed by atoms with Crippen LogP contribution in [0.15, 0.2) is 60.7 Å². The van der Waals surface area contributed by atoms with Crippen LogP contribution in [-0.4, -0.2) is 43.2 Å². The maximum atomic E-state index is 5.35. The van der Waals surface area contributed by atoms with Gasteiger partial charge in [0.15, 0.2) is 0 Å². The fraction of sp³-hybridized carbons (Fsp3) is 0.333. The number of nitrogens with one attached hydrogen (secondary N) is 2. The molecule has 0 aliphatic rings. The third-order valence-electron chi connectivity index (χ3n) is 6.13. The van der Waals surface area contributed by atoms with Gasteiger partial charge in [-0.3, -0.25) is 0 Å². The molecule has 0 unspecified atom stereocenters. The lowest BCUT2D eigenvalue weighted by Crippen LogP contribution is -2.27. The van der Waals surface area contributed by atoms with Gasteiger partial charge < -0.3 is 19.9 Å². The molecule has 4 heteroatoms. The summed E-state index contributed by atoms with van der Waals surface area (Å²) >= 11 is 0. The summed E-state index contributed by atoms with van der Waals surface area (Å²) in [5.74, 6) is 0.877. The molecule has 31 heavy (non-hydrogen) atoms. The first kappa shape index (κ1) is 21.4. The van der Waals surface area contributed by atoms with Gasteiger partial charge in [-0.2, -0.15) is 0 Å². The third kappa shape index (κ3) is 4.76. The van der Waals surface area contributed by atoms with Crippen molar-refractivity contribution < 1.29 is 4.74 Å². The number of nitrogens with zero attached hydrogens (tertiary/aromatic N) is 1. The van der Waals surface area contributed by atoms with Crippen molar-refractivity contribution in [1.29, 1.82) is 0 Å². The van der Waals surface area contributed by atoms with Gasteiger partial charge in [0.2, 0.25) is 0 Å². The van der Waals surface area contributed by atoms with E-state index in [-0.39, 0.29) is 0 Å². The van der Waals surface area contributed by atoms with Gasteiger partial charge >= 0.3 is 0 Å². The lowest BCUT2D eigenvalue weighted by Gasteiger charge is -2.17. The summed E-state index contributed by atoms with van der Waals surface area (Å²) in [6.45, 7) is 9.76. The second-order valence-electron chi connectivity index (χ2n) is 8.02. The molecular weight excluding hydrogens is 382 g/mol. The Labute approximate surface area is 185 Å². The number of aromatic nitrogens is 1. The van der Waals surface area contributed by atoms with Crippen molar-refractivity contribution in [3.63, 3.8) is 0 Å². The molecule has 2 N–H and O–H groups in total. The number of benzene rings is 3. The van der Waals surface area contributed by atoms with Crippen LogP contribution < -0.4 is 10.1 Å². The molecule has 3 aromatic carbocycles. The fourth-order valence-electron chi connectivity index (χ4n) is 4.31. The summed E-state index contributed by atoms with van der Waals surface area (Å²) in [5.41, 5.74) is 6.11. The average molecular weight is 416 g/mol. The number of hydrogen-bond acceptors (Lipinski definition) is 3. The van der Waals surface area contributed by atoms with Crippen LogP contribution in [0.1, 0.15) is 25.8 Å². The molecular formula is C27H33N3O. The number of para-hydroxylation sites is 1. The van der Waals surface area contributed by atoms with Gasteiger partial charge in [0.05, 0.1) is 12.6 Å². The Kier molecular flexibility index (Phi) is 6.90. The third-order valence-corrected chi connectivity index (χ3v) is 6.13. The minimum atomic E-state index is 0.872. The fourth-order valence-corrected chi connectivity index (χ4v) is 4.31. The molecule has 0 atom stereocenters.